The zero-order valence-electron chi connectivity index (χ0n) is 6.68. The lowest BCUT2D eigenvalue weighted by Crippen LogP contribution is -2.07. The van der Waals surface area contributed by atoms with Crippen LogP contribution in [0.4, 0.5) is 0 Å². The van der Waals surface area contributed by atoms with Crippen molar-refractivity contribution in [2.75, 3.05) is 5.84 Å². The molecule has 0 aliphatic rings. The first kappa shape index (κ1) is 8.25. The van der Waals surface area contributed by atoms with Crippen LogP contribution in [0.5, 0.6) is 0 Å². The van der Waals surface area contributed by atoms with Crippen molar-refractivity contribution in [3.05, 3.63) is 34.9 Å². The third-order valence-corrected chi connectivity index (χ3v) is 2.12. The molecule has 5 heteroatoms. The molecule has 0 fully saturated rings. The fourth-order valence-corrected chi connectivity index (χ4v) is 1.46. The van der Waals surface area contributed by atoms with E-state index in [1.54, 1.807) is 6.20 Å². The number of rotatable bonds is 1. The molecule has 0 amide bonds. The summed E-state index contributed by atoms with van der Waals surface area (Å²) in [5.74, 6) is 5.39. The second kappa shape index (κ2) is 3.18. The van der Waals surface area contributed by atoms with E-state index in [1.807, 2.05) is 24.3 Å². The van der Waals surface area contributed by atoms with Gasteiger partial charge in [0.15, 0.2) is 0 Å². The van der Waals surface area contributed by atoms with E-state index in [-0.39, 0.29) is 0 Å². The van der Waals surface area contributed by atoms with Crippen molar-refractivity contribution in [2.45, 2.75) is 0 Å². The Hall–Kier alpha value is -1.36. The molecule has 1 aromatic heterocycles. The molecule has 13 heavy (non-hydrogen) atoms. The van der Waals surface area contributed by atoms with Gasteiger partial charge in [-0.3, -0.25) is 0 Å². The minimum Gasteiger partial charge on any atom is -0.322 e. The van der Waals surface area contributed by atoms with Gasteiger partial charge in [0, 0.05) is 10.0 Å². The van der Waals surface area contributed by atoms with Gasteiger partial charge in [0.1, 0.15) is 5.69 Å². The Morgan fingerprint density at radius 1 is 1.38 bits per heavy atom. The van der Waals surface area contributed by atoms with E-state index in [0.29, 0.717) is 0 Å². The van der Waals surface area contributed by atoms with Gasteiger partial charge in [-0.05, 0) is 17.3 Å². The predicted octanol–water partition coefficient (Wildman–Crippen LogP) is 1.42. The maximum Gasteiger partial charge on any atom is 0.115 e. The molecule has 0 saturated heterocycles. The number of benzene rings is 1. The van der Waals surface area contributed by atoms with Gasteiger partial charge < -0.3 is 5.84 Å². The SMILES string of the molecule is Nn1cc(-c2cccc(Br)c2)nn1. The maximum atomic E-state index is 5.39. The highest BCUT2D eigenvalue weighted by molar-refractivity contribution is 9.10. The van der Waals surface area contributed by atoms with E-state index in [2.05, 4.69) is 26.2 Å². The Bertz CT molecular complexity index is 424. The largest absolute Gasteiger partial charge is 0.322 e. The van der Waals surface area contributed by atoms with Crippen LogP contribution in [0, 0.1) is 0 Å². The van der Waals surface area contributed by atoms with Gasteiger partial charge in [-0.1, -0.05) is 28.1 Å². The van der Waals surface area contributed by atoms with Gasteiger partial charge in [-0.2, -0.15) is 4.79 Å². The fourth-order valence-electron chi connectivity index (χ4n) is 1.06. The van der Waals surface area contributed by atoms with Crippen LogP contribution >= 0.6 is 15.9 Å². The highest BCUT2D eigenvalue weighted by Gasteiger charge is 2.01. The first-order valence-corrected chi connectivity index (χ1v) is 4.48. The normalized spacial score (nSPS) is 10.2. The zero-order valence-corrected chi connectivity index (χ0v) is 8.27. The van der Waals surface area contributed by atoms with E-state index in [0.717, 1.165) is 15.7 Å². The smallest absolute Gasteiger partial charge is 0.115 e. The average molecular weight is 239 g/mol. The number of hydrogen-bond acceptors (Lipinski definition) is 3. The molecule has 0 aliphatic heterocycles. The molecule has 0 saturated carbocycles. The van der Waals surface area contributed by atoms with Crippen LogP contribution in [0.25, 0.3) is 11.3 Å². The molecule has 0 aliphatic carbocycles. The van der Waals surface area contributed by atoms with Crippen molar-refractivity contribution < 1.29 is 0 Å². The molecule has 0 bridgehead atoms. The zero-order chi connectivity index (χ0) is 9.26. The Labute approximate surface area is 83.5 Å². The van der Waals surface area contributed by atoms with Crippen LogP contribution < -0.4 is 5.84 Å². The van der Waals surface area contributed by atoms with Crippen molar-refractivity contribution in [1.29, 1.82) is 0 Å². The van der Waals surface area contributed by atoms with E-state index >= 15 is 0 Å². The summed E-state index contributed by atoms with van der Waals surface area (Å²) >= 11 is 3.38. The monoisotopic (exact) mass is 238 g/mol. The molecule has 2 rings (SSSR count). The molecule has 66 valence electrons. The summed E-state index contributed by atoms with van der Waals surface area (Å²) in [6.45, 7) is 0. The number of aromatic nitrogens is 3. The quantitative estimate of drug-likeness (QED) is 0.765. The molecule has 0 unspecified atom stereocenters. The second-order valence-electron chi connectivity index (χ2n) is 2.59. The highest BCUT2D eigenvalue weighted by atomic mass is 79.9. The van der Waals surface area contributed by atoms with E-state index in [4.69, 9.17) is 5.84 Å². The summed E-state index contributed by atoms with van der Waals surface area (Å²) in [4.78, 5) is 1.19. The summed E-state index contributed by atoms with van der Waals surface area (Å²) in [5, 5.41) is 7.55. The summed E-state index contributed by atoms with van der Waals surface area (Å²) in [7, 11) is 0. The topological polar surface area (TPSA) is 56.7 Å². The number of hydrogen-bond donors (Lipinski definition) is 1. The van der Waals surface area contributed by atoms with Crippen LogP contribution in [0.2, 0.25) is 0 Å². The van der Waals surface area contributed by atoms with Gasteiger partial charge >= 0.3 is 0 Å². The van der Waals surface area contributed by atoms with Gasteiger partial charge in [0.05, 0.1) is 6.20 Å². The molecule has 2 N–H and O–H groups in total. The molecule has 0 spiro atoms. The average Bonchev–Trinajstić information content (AvgIpc) is 2.52. The van der Waals surface area contributed by atoms with Gasteiger partial charge in [-0.15, -0.1) is 5.10 Å². The maximum absolute atomic E-state index is 5.39. The first-order chi connectivity index (χ1) is 6.25. The van der Waals surface area contributed by atoms with Crippen molar-refractivity contribution >= 4 is 15.9 Å². The predicted molar refractivity (Wildman–Crippen MR) is 53.3 cm³/mol. The summed E-state index contributed by atoms with van der Waals surface area (Å²) in [6, 6.07) is 7.81. The molecule has 0 radical (unpaired) electrons. The molecule has 0 atom stereocenters. The number of nitrogens with two attached hydrogens (primary N) is 1. The minimum atomic E-state index is 0.767. The molecule has 1 aromatic carbocycles. The Kier molecular flexibility index (Phi) is 2.02. The summed E-state index contributed by atoms with van der Waals surface area (Å²) in [6.07, 6.45) is 1.67. The lowest BCUT2D eigenvalue weighted by Gasteiger charge is -1.94. The molecule has 1 heterocycles. The summed E-state index contributed by atoms with van der Waals surface area (Å²) < 4.78 is 1.01. The second-order valence-corrected chi connectivity index (χ2v) is 3.51. The lowest BCUT2D eigenvalue weighted by molar-refractivity contribution is 0.766. The third-order valence-electron chi connectivity index (χ3n) is 1.63. The third kappa shape index (κ3) is 1.70. The highest BCUT2D eigenvalue weighted by Crippen LogP contribution is 2.19. The Morgan fingerprint density at radius 2 is 2.23 bits per heavy atom. The van der Waals surface area contributed by atoms with Crippen molar-refractivity contribution in [1.82, 2.24) is 15.1 Å². The molecular formula is C8H7BrN4. The number of nitrogens with zero attached hydrogens (tertiary/aromatic N) is 3. The lowest BCUT2D eigenvalue weighted by atomic mass is 10.2. The Morgan fingerprint density at radius 3 is 2.85 bits per heavy atom. The molecule has 4 nitrogen and oxygen atoms in total. The standard InChI is InChI=1S/C8H7BrN4/c9-7-3-1-2-6(4-7)8-5-13(10)12-11-8/h1-5H,10H2. The van der Waals surface area contributed by atoms with E-state index < -0.39 is 0 Å². The molecular weight excluding hydrogens is 232 g/mol. The van der Waals surface area contributed by atoms with Crippen LogP contribution in [-0.4, -0.2) is 15.1 Å². The van der Waals surface area contributed by atoms with Crippen LogP contribution in [0.1, 0.15) is 0 Å². The van der Waals surface area contributed by atoms with Crippen molar-refractivity contribution in [2.24, 2.45) is 0 Å². The van der Waals surface area contributed by atoms with Crippen molar-refractivity contribution in [3.63, 3.8) is 0 Å². The summed E-state index contributed by atoms with van der Waals surface area (Å²) in [5.41, 5.74) is 1.76. The van der Waals surface area contributed by atoms with E-state index in [9.17, 15) is 0 Å². The first-order valence-electron chi connectivity index (χ1n) is 3.69. The van der Waals surface area contributed by atoms with E-state index in [1.165, 1.54) is 4.79 Å². The minimum absolute atomic E-state index is 0.767. The van der Waals surface area contributed by atoms with Gasteiger partial charge in [0.25, 0.3) is 0 Å². The van der Waals surface area contributed by atoms with Crippen LogP contribution in [-0.2, 0) is 0 Å². The van der Waals surface area contributed by atoms with Crippen molar-refractivity contribution in [3.8, 4) is 11.3 Å². The molecule has 2 aromatic rings. The Balaban J connectivity index is 2.46. The van der Waals surface area contributed by atoms with Crippen LogP contribution in [0.15, 0.2) is 34.9 Å². The number of nitrogen functional groups attached to an aromatic ring is 1. The van der Waals surface area contributed by atoms with Gasteiger partial charge in [0.2, 0.25) is 0 Å². The number of halogens is 1. The van der Waals surface area contributed by atoms with Gasteiger partial charge in [-0.25, -0.2) is 0 Å². The fraction of sp³-hybridized carbons (Fsp3) is 0. The van der Waals surface area contributed by atoms with Crippen LogP contribution in [0.3, 0.4) is 0 Å².